The Morgan fingerprint density at radius 1 is 1.19 bits per heavy atom. The second-order valence-electron chi connectivity index (χ2n) is 4.71. The van der Waals surface area contributed by atoms with E-state index in [0.29, 0.717) is 6.04 Å². The Balaban J connectivity index is 2.27. The first-order valence-electron chi connectivity index (χ1n) is 6.90. The highest BCUT2D eigenvalue weighted by Gasteiger charge is 2.14. The number of hydrogen-bond donors (Lipinski definition) is 1. The maximum Gasteiger partial charge on any atom is 0.0593 e. The predicted octanol–water partition coefficient (Wildman–Crippen LogP) is 1.88. The van der Waals surface area contributed by atoms with Crippen molar-refractivity contribution in [1.82, 2.24) is 10.2 Å². The van der Waals surface area contributed by atoms with Gasteiger partial charge in [-0.2, -0.15) is 0 Å². The average molecular weight is 228 g/mol. The smallest absolute Gasteiger partial charge is 0.0593 e. The summed E-state index contributed by atoms with van der Waals surface area (Å²) >= 11 is 0. The minimum absolute atomic E-state index is 0.669. The lowest BCUT2D eigenvalue weighted by Gasteiger charge is -2.26. The van der Waals surface area contributed by atoms with Crippen LogP contribution in [0.5, 0.6) is 0 Å². The Labute approximate surface area is 101 Å². The molecular formula is C13H28N2O. The summed E-state index contributed by atoms with van der Waals surface area (Å²) in [5.41, 5.74) is 0. The molecule has 0 bridgehead atoms. The predicted molar refractivity (Wildman–Crippen MR) is 68.9 cm³/mol. The van der Waals surface area contributed by atoms with E-state index in [1.807, 2.05) is 0 Å². The third-order valence-electron chi connectivity index (χ3n) is 3.11. The first-order chi connectivity index (χ1) is 7.86. The van der Waals surface area contributed by atoms with Crippen LogP contribution in [0.15, 0.2) is 0 Å². The molecule has 1 rings (SSSR count). The van der Waals surface area contributed by atoms with E-state index in [1.165, 1.54) is 38.8 Å². The average Bonchev–Trinajstić information content (AvgIpc) is 2.55. The molecule has 96 valence electrons. The van der Waals surface area contributed by atoms with E-state index in [2.05, 4.69) is 24.1 Å². The fraction of sp³-hybridized carbons (Fsp3) is 1.00. The number of nitrogens with one attached hydrogen (secondary N) is 1. The summed E-state index contributed by atoms with van der Waals surface area (Å²) in [7, 11) is 0. The number of hydrogen-bond acceptors (Lipinski definition) is 3. The van der Waals surface area contributed by atoms with Crippen molar-refractivity contribution in [2.45, 2.75) is 45.6 Å². The van der Waals surface area contributed by atoms with E-state index >= 15 is 0 Å². The fourth-order valence-corrected chi connectivity index (χ4v) is 2.25. The lowest BCUT2D eigenvalue weighted by atomic mass is 10.1. The van der Waals surface area contributed by atoms with Crippen molar-refractivity contribution < 1.29 is 4.74 Å². The molecule has 3 nitrogen and oxygen atoms in total. The van der Waals surface area contributed by atoms with Crippen LogP contribution in [0.25, 0.3) is 0 Å². The van der Waals surface area contributed by atoms with Gasteiger partial charge in [0.15, 0.2) is 0 Å². The van der Waals surface area contributed by atoms with Gasteiger partial charge in [-0.3, -0.25) is 4.90 Å². The largest absolute Gasteiger partial charge is 0.380 e. The first kappa shape index (κ1) is 13.9. The summed E-state index contributed by atoms with van der Waals surface area (Å²) < 4.78 is 5.49. The van der Waals surface area contributed by atoms with Gasteiger partial charge in [0.1, 0.15) is 0 Å². The van der Waals surface area contributed by atoms with Gasteiger partial charge in [-0.1, -0.05) is 20.3 Å². The third-order valence-corrected chi connectivity index (χ3v) is 3.11. The SMILES string of the molecule is CCCNC(CCC)CN1CCCOCC1. The first-order valence-corrected chi connectivity index (χ1v) is 6.90. The second-order valence-corrected chi connectivity index (χ2v) is 4.71. The van der Waals surface area contributed by atoms with Gasteiger partial charge < -0.3 is 10.1 Å². The summed E-state index contributed by atoms with van der Waals surface area (Å²) in [5, 5.41) is 3.66. The normalized spacial score (nSPS) is 20.6. The highest BCUT2D eigenvalue weighted by Crippen LogP contribution is 2.04. The number of nitrogens with zero attached hydrogens (tertiary/aromatic N) is 1. The standard InChI is InChI=1S/C13H28N2O/c1-3-6-13(14-7-4-2)12-15-8-5-10-16-11-9-15/h13-14H,3-12H2,1-2H3. The maximum absolute atomic E-state index is 5.49. The molecule has 0 amide bonds. The molecule has 0 aromatic carbocycles. The van der Waals surface area contributed by atoms with Gasteiger partial charge in [-0.15, -0.1) is 0 Å². The topological polar surface area (TPSA) is 24.5 Å². The Morgan fingerprint density at radius 2 is 2.06 bits per heavy atom. The summed E-state index contributed by atoms with van der Waals surface area (Å²) in [6.45, 7) is 11.0. The van der Waals surface area contributed by atoms with E-state index in [-0.39, 0.29) is 0 Å². The Bertz CT molecular complexity index is 156. The molecule has 0 saturated carbocycles. The van der Waals surface area contributed by atoms with Crippen LogP contribution in [0.4, 0.5) is 0 Å². The molecule has 3 heteroatoms. The van der Waals surface area contributed by atoms with Crippen molar-refractivity contribution >= 4 is 0 Å². The summed E-state index contributed by atoms with van der Waals surface area (Å²) in [6, 6.07) is 0.669. The molecule has 1 N–H and O–H groups in total. The van der Waals surface area contributed by atoms with Gasteiger partial charge in [0, 0.05) is 32.3 Å². The molecule has 1 aliphatic rings. The van der Waals surface area contributed by atoms with Crippen LogP contribution < -0.4 is 5.32 Å². The molecule has 1 heterocycles. The zero-order valence-corrected chi connectivity index (χ0v) is 11.0. The van der Waals surface area contributed by atoms with Crippen LogP contribution in [-0.2, 0) is 4.74 Å². The summed E-state index contributed by atoms with van der Waals surface area (Å²) in [4.78, 5) is 2.55. The van der Waals surface area contributed by atoms with Crippen molar-refractivity contribution in [2.24, 2.45) is 0 Å². The third kappa shape index (κ3) is 5.83. The van der Waals surface area contributed by atoms with Gasteiger partial charge >= 0.3 is 0 Å². The summed E-state index contributed by atoms with van der Waals surface area (Å²) in [5.74, 6) is 0. The quantitative estimate of drug-likeness (QED) is 0.720. The van der Waals surface area contributed by atoms with Crippen LogP contribution in [0.1, 0.15) is 39.5 Å². The van der Waals surface area contributed by atoms with Gasteiger partial charge in [-0.05, 0) is 25.8 Å². The Kier molecular flexibility index (Phi) is 7.81. The van der Waals surface area contributed by atoms with Crippen LogP contribution in [0, 0.1) is 0 Å². The highest BCUT2D eigenvalue weighted by atomic mass is 16.5. The Morgan fingerprint density at radius 3 is 2.81 bits per heavy atom. The summed E-state index contributed by atoms with van der Waals surface area (Å²) in [6.07, 6.45) is 4.97. The molecule has 0 spiro atoms. The molecule has 1 saturated heterocycles. The monoisotopic (exact) mass is 228 g/mol. The van der Waals surface area contributed by atoms with Crippen LogP contribution in [-0.4, -0.2) is 50.3 Å². The van der Waals surface area contributed by atoms with Gasteiger partial charge in [-0.25, -0.2) is 0 Å². The molecule has 0 radical (unpaired) electrons. The van der Waals surface area contributed by atoms with E-state index in [9.17, 15) is 0 Å². The number of ether oxygens (including phenoxy) is 1. The molecule has 1 fully saturated rings. The van der Waals surface area contributed by atoms with Crippen molar-refractivity contribution in [1.29, 1.82) is 0 Å². The van der Waals surface area contributed by atoms with Crippen LogP contribution in [0.2, 0.25) is 0 Å². The zero-order valence-electron chi connectivity index (χ0n) is 11.0. The second kappa shape index (κ2) is 8.97. The van der Waals surface area contributed by atoms with Crippen molar-refractivity contribution in [3.05, 3.63) is 0 Å². The van der Waals surface area contributed by atoms with Gasteiger partial charge in [0.05, 0.1) is 6.61 Å². The molecular weight excluding hydrogens is 200 g/mol. The lowest BCUT2D eigenvalue weighted by molar-refractivity contribution is 0.139. The Hall–Kier alpha value is -0.120. The molecule has 0 aromatic heterocycles. The number of rotatable bonds is 7. The van der Waals surface area contributed by atoms with Crippen LogP contribution >= 0.6 is 0 Å². The molecule has 1 atom stereocenters. The van der Waals surface area contributed by atoms with Crippen molar-refractivity contribution in [2.75, 3.05) is 39.4 Å². The van der Waals surface area contributed by atoms with E-state index in [0.717, 1.165) is 26.3 Å². The fourth-order valence-electron chi connectivity index (χ4n) is 2.25. The molecule has 0 aromatic rings. The van der Waals surface area contributed by atoms with E-state index in [4.69, 9.17) is 4.74 Å². The van der Waals surface area contributed by atoms with Crippen molar-refractivity contribution in [3.63, 3.8) is 0 Å². The minimum Gasteiger partial charge on any atom is -0.380 e. The van der Waals surface area contributed by atoms with Crippen LogP contribution in [0.3, 0.4) is 0 Å². The molecule has 0 aliphatic carbocycles. The lowest BCUT2D eigenvalue weighted by Crippen LogP contribution is -2.42. The highest BCUT2D eigenvalue weighted by molar-refractivity contribution is 4.73. The molecule has 1 unspecified atom stereocenters. The minimum atomic E-state index is 0.669. The van der Waals surface area contributed by atoms with E-state index in [1.54, 1.807) is 0 Å². The molecule has 16 heavy (non-hydrogen) atoms. The molecule has 1 aliphatic heterocycles. The van der Waals surface area contributed by atoms with E-state index < -0.39 is 0 Å². The van der Waals surface area contributed by atoms with Crippen molar-refractivity contribution in [3.8, 4) is 0 Å². The van der Waals surface area contributed by atoms with Gasteiger partial charge in [0.25, 0.3) is 0 Å². The van der Waals surface area contributed by atoms with Gasteiger partial charge in [0.2, 0.25) is 0 Å². The maximum atomic E-state index is 5.49. The zero-order chi connectivity index (χ0) is 11.6.